The number of hydrogen-bond acceptors (Lipinski definition) is 3. The summed E-state index contributed by atoms with van der Waals surface area (Å²) >= 11 is 0. The van der Waals surface area contributed by atoms with Gasteiger partial charge in [-0.05, 0) is 42.4 Å². The van der Waals surface area contributed by atoms with Gasteiger partial charge >= 0.3 is 0 Å². The van der Waals surface area contributed by atoms with Gasteiger partial charge in [-0.15, -0.1) is 12.4 Å². The lowest BCUT2D eigenvalue weighted by Crippen LogP contribution is -2.15. The van der Waals surface area contributed by atoms with Crippen LogP contribution in [0, 0.1) is 11.3 Å². The van der Waals surface area contributed by atoms with Gasteiger partial charge in [0.1, 0.15) is 5.82 Å². The summed E-state index contributed by atoms with van der Waals surface area (Å²) < 4.78 is 26.5. The molecule has 0 radical (unpaired) electrons. The van der Waals surface area contributed by atoms with Gasteiger partial charge in [-0.2, -0.15) is 0 Å². The van der Waals surface area contributed by atoms with Crippen LogP contribution in [0.15, 0.2) is 23.1 Å². The summed E-state index contributed by atoms with van der Waals surface area (Å²) in [6.07, 6.45) is 3.47. The van der Waals surface area contributed by atoms with Gasteiger partial charge in [0.2, 0.25) is 0 Å². The minimum absolute atomic E-state index is 0. The summed E-state index contributed by atoms with van der Waals surface area (Å²) in [6.45, 7) is 9.31. The number of imidazole rings is 1. The van der Waals surface area contributed by atoms with Crippen molar-refractivity contribution in [3.05, 3.63) is 24.0 Å². The number of sulfone groups is 1. The highest BCUT2D eigenvalue weighted by molar-refractivity contribution is 7.91. The third-order valence-electron chi connectivity index (χ3n) is 4.36. The number of fused-ring (bicyclic) bond motifs is 1. The molecule has 24 heavy (non-hydrogen) atoms. The predicted octanol–water partition coefficient (Wildman–Crippen LogP) is 4.25. The molecule has 0 atom stereocenters. The molecule has 1 heterocycles. The molecule has 2 aromatic rings. The van der Waals surface area contributed by atoms with Gasteiger partial charge in [0.15, 0.2) is 9.84 Å². The second kappa shape index (κ2) is 6.68. The topological polar surface area (TPSA) is 52.0 Å². The fraction of sp³-hybridized carbons (Fsp3) is 0.611. The van der Waals surface area contributed by atoms with Crippen LogP contribution < -0.4 is 0 Å². The van der Waals surface area contributed by atoms with Crippen LogP contribution in [0.25, 0.3) is 11.0 Å². The Morgan fingerprint density at radius 1 is 1.25 bits per heavy atom. The van der Waals surface area contributed by atoms with Crippen LogP contribution >= 0.6 is 12.4 Å². The Morgan fingerprint density at radius 2 is 1.92 bits per heavy atom. The Bertz CT molecular complexity index is 831. The van der Waals surface area contributed by atoms with Gasteiger partial charge in [0.25, 0.3) is 0 Å². The maximum atomic E-state index is 12.1. The van der Waals surface area contributed by atoms with Crippen molar-refractivity contribution in [1.29, 1.82) is 0 Å². The third-order valence-corrected chi connectivity index (χ3v) is 6.10. The highest BCUT2D eigenvalue weighted by Gasteiger charge is 2.26. The molecule has 0 spiro atoms. The number of halogens is 1. The number of hydrogen-bond donors (Lipinski definition) is 0. The fourth-order valence-electron chi connectivity index (χ4n) is 2.89. The van der Waals surface area contributed by atoms with Crippen molar-refractivity contribution in [3.63, 3.8) is 0 Å². The molecular formula is C18H27ClN2O2S. The number of aromatic nitrogens is 2. The minimum Gasteiger partial charge on any atom is -0.328 e. The van der Waals surface area contributed by atoms with E-state index in [1.165, 1.54) is 12.8 Å². The lowest BCUT2D eigenvalue weighted by atomic mass is 9.92. The zero-order chi connectivity index (χ0) is 16.8. The van der Waals surface area contributed by atoms with E-state index in [1.54, 1.807) is 19.1 Å². The Labute approximate surface area is 151 Å². The van der Waals surface area contributed by atoms with Crippen LogP contribution in [0.4, 0.5) is 0 Å². The first kappa shape index (κ1) is 19.3. The Hall–Kier alpha value is -1.07. The number of rotatable bonds is 5. The molecule has 0 N–H and O–H groups in total. The smallest absolute Gasteiger partial charge is 0.178 e. The maximum absolute atomic E-state index is 12.1. The summed E-state index contributed by atoms with van der Waals surface area (Å²) in [5, 5.41) is 0. The molecule has 0 amide bonds. The molecule has 1 aliphatic rings. The second-order valence-electron chi connectivity index (χ2n) is 7.87. The maximum Gasteiger partial charge on any atom is 0.178 e. The van der Waals surface area contributed by atoms with Crippen LogP contribution in [-0.2, 0) is 22.8 Å². The van der Waals surface area contributed by atoms with Gasteiger partial charge in [-0.3, -0.25) is 0 Å². The lowest BCUT2D eigenvalue weighted by molar-refractivity contribution is 0.391. The number of benzene rings is 1. The van der Waals surface area contributed by atoms with Crippen molar-refractivity contribution < 1.29 is 8.42 Å². The zero-order valence-electron chi connectivity index (χ0n) is 14.9. The van der Waals surface area contributed by atoms with E-state index in [1.807, 2.05) is 6.07 Å². The molecule has 0 unspecified atom stereocenters. The van der Waals surface area contributed by atoms with Gasteiger partial charge in [-0.1, -0.05) is 27.7 Å². The molecule has 3 rings (SSSR count). The van der Waals surface area contributed by atoms with Crippen molar-refractivity contribution in [1.82, 2.24) is 9.55 Å². The van der Waals surface area contributed by atoms with E-state index in [2.05, 4.69) is 25.3 Å². The van der Waals surface area contributed by atoms with E-state index < -0.39 is 9.84 Å². The summed E-state index contributed by atoms with van der Waals surface area (Å²) in [5.74, 6) is 1.95. The molecule has 0 saturated heterocycles. The standard InChI is InChI=1S/C18H26N2O2S.ClH/c1-5-23(21,22)14-8-9-16-15(10-14)19-17(11-18(2,3)4)20(16)12-13-6-7-13;/h8-10,13H,5-7,11-12H2,1-4H3;1H. The summed E-state index contributed by atoms with van der Waals surface area (Å²) in [4.78, 5) is 5.17. The van der Waals surface area contributed by atoms with E-state index in [4.69, 9.17) is 4.98 Å². The molecule has 1 fully saturated rings. The van der Waals surface area contributed by atoms with Gasteiger partial charge in [0.05, 0.1) is 21.7 Å². The molecule has 1 aromatic carbocycles. The van der Waals surface area contributed by atoms with Gasteiger partial charge in [-0.25, -0.2) is 13.4 Å². The highest BCUT2D eigenvalue weighted by atomic mass is 35.5. The molecular weight excluding hydrogens is 344 g/mol. The minimum atomic E-state index is -3.19. The van der Waals surface area contributed by atoms with Crippen LogP contribution in [-0.4, -0.2) is 23.7 Å². The Kier molecular flexibility index (Phi) is 5.36. The highest BCUT2D eigenvalue weighted by Crippen LogP contribution is 2.34. The van der Waals surface area contributed by atoms with E-state index in [0.29, 0.717) is 4.90 Å². The summed E-state index contributed by atoms with van der Waals surface area (Å²) in [7, 11) is -3.19. The molecule has 0 bridgehead atoms. The van der Waals surface area contributed by atoms with E-state index >= 15 is 0 Å². The molecule has 1 aliphatic carbocycles. The third kappa shape index (κ3) is 4.12. The largest absolute Gasteiger partial charge is 0.328 e. The van der Waals surface area contributed by atoms with Gasteiger partial charge in [0, 0.05) is 13.0 Å². The molecule has 134 valence electrons. The molecule has 6 heteroatoms. The van der Waals surface area contributed by atoms with E-state index in [9.17, 15) is 8.42 Å². The Balaban J connectivity index is 0.00000208. The quantitative estimate of drug-likeness (QED) is 0.790. The zero-order valence-corrected chi connectivity index (χ0v) is 16.5. The van der Waals surface area contributed by atoms with Crippen molar-refractivity contribution in [3.8, 4) is 0 Å². The average molecular weight is 371 g/mol. The SMILES string of the molecule is CCS(=O)(=O)c1ccc2c(c1)nc(CC(C)(C)C)n2CC1CC1.Cl. The first-order chi connectivity index (χ1) is 10.7. The normalized spacial score (nSPS) is 15.5. The lowest BCUT2D eigenvalue weighted by Gasteiger charge is -2.18. The second-order valence-corrected chi connectivity index (χ2v) is 10.2. The molecule has 0 aliphatic heterocycles. The van der Waals surface area contributed by atoms with Crippen molar-refractivity contribution >= 4 is 33.3 Å². The Morgan fingerprint density at radius 3 is 2.46 bits per heavy atom. The van der Waals surface area contributed by atoms with E-state index in [-0.39, 0.29) is 23.6 Å². The predicted molar refractivity (Wildman–Crippen MR) is 101 cm³/mol. The monoisotopic (exact) mass is 370 g/mol. The van der Waals surface area contributed by atoms with Crippen molar-refractivity contribution in [2.45, 2.75) is 58.4 Å². The number of nitrogens with zero attached hydrogens (tertiary/aromatic N) is 2. The first-order valence-corrected chi connectivity index (χ1v) is 10.1. The molecule has 1 aromatic heterocycles. The van der Waals surface area contributed by atoms with Crippen molar-refractivity contribution in [2.24, 2.45) is 11.3 Å². The first-order valence-electron chi connectivity index (χ1n) is 8.41. The van der Waals surface area contributed by atoms with Crippen molar-refractivity contribution in [2.75, 3.05) is 5.75 Å². The van der Waals surface area contributed by atoms with Crippen LogP contribution in [0.3, 0.4) is 0 Å². The van der Waals surface area contributed by atoms with Crippen LogP contribution in [0.5, 0.6) is 0 Å². The summed E-state index contributed by atoms with van der Waals surface area (Å²) in [6, 6.07) is 5.40. The van der Waals surface area contributed by atoms with Crippen LogP contribution in [0.2, 0.25) is 0 Å². The molecule has 4 nitrogen and oxygen atoms in total. The van der Waals surface area contributed by atoms with Crippen LogP contribution in [0.1, 0.15) is 46.4 Å². The van der Waals surface area contributed by atoms with Gasteiger partial charge < -0.3 is 4.57 Å². The summed E-state index contributed by atoms with van der Waals surface area (Å²) in [5.41, 5.74) is 2.02. The molecule has 1 saturated carbocycles. The average Bonchev–Trinajstić information content (AvgIpc) is 3.21. The van der Waals surface area contributed by atoms with E-state index in [0.717, 1.165) is 35.7 Å². The fourth-order valence-corrected chi connectivity index (χ4v) is 3.79.